The standard InChI is InChI=1S/C15H21O2Si2/c1-4-12(2)18-17-14-8-7-9-15(13(14)3)19-11-6-5-10-16-19/h4,7-9H,5-6,10-11H2,1-3H3. The zero-order valence-corrected chi connectivity index (χ0v) is 14.0. The Morgan fingerprint density at radius 2 is 2.26 bits per heavy atom. The Labute approximate surface area is 120 Å². The second-order valence-electron chi connectivity index (χ2n) is 4.83. The molecule has 101 valence electrons. The van der Waals surface area contributed by atoms with E-state index in [0.717, 1.165) is 12.4 Å². The zero-order valence-electron chi connectivity index (χ0n) is 12.0. The minimum atomic E-state index is -0.813. The quantitative estimate of drug-likeness (QED) is 0.794. The van der Waals surface area contributed by atoms with Crippen LogP contribution in [0.1, 0.15) is 32.3 Å². The van der Waals surface area contributed by atoms with Crippen molar-refractivity contribution in [1.29, 1.82) is 0 Å². The Morgan fingerprint density at radius 3 is 2.95 bits per heavy atom. The molecule has 0 spiro atoms. The first-order valence-corrected chi connectivity index (χ1v) is 9.39. The molecule has 4 heteroatoms. The Kier molecular flexibility index (Phi) is 5.42. The van der Waals surface area contributed by atoms with Gasteiger partial charge in [0.2, 0.25) is 9.04 Å². The van der Waals surface area contributed by atoms with Crippen LogP contribution in [0.25, 0.3) is 0 Å². The van der Waals surface area contributed by atoms with E-state index >= 15 is 0 Å². The van der Waals surface area contributed by atoms with E-state index in [0.29, 0.717) is 9.76 Å². The van der Waals surface area contributed by atoms with Gasteiger partial charge in [0.1, 0.15) is 5.75 Å². The molecule has 0 N–H and O–H groups in total. The second kappa shape index (κ2) is 7.07. The van der Waals surface area contributed by atoms with E-state index in [2.05, 4.69) is 45.0 Å². The van der Waals surface area contributed by atoms with Crippen LogP contribution in [0.4, 0.5) is 0 Å². The molecule has 1 aliphatic heterocycles. The molecule has 2 nitrogen and oxygen atoms in total. The lowest BCUT2D eigenvalue weighted by molar-refractivity contribution is 0.294. The highest BCUT2D eigenvalue weighted by molar-refractivity contribution is 6.68. The van der Waals surface area contributed by atoms with Crippen LogP contribution >= 0.6 is 0 Å². The third-order valence-corrected chi connectivity index (χ3v) is 6.85. The van der Waals surface area contributed by atoms with Crippen molar-refractivity contribution >= 4 is 24.0 Å². The number of hydrogen-bond acceptors (Lipinski definition) is 2. The van der Waals surface area contributed by atoms with Crippen molar-refractivity contribution in [2.45, 2.75) is 39.7 Å². The van der Waals surface area contributed by atoms with Gasteiger partial charge in [-0.15, -0.1) is 0 Å². The molecule has 19 heavy (non-hydrogen) atoms. The molecule has 3 radical (unpaired) electrons. The highest BCUT2D eigenvalue weighted by Crippen LogP contribution is 2.19. The molecule has 1 aliphatic rings. The van der Waals surface area contributed by atoms with E-state index in [1.807, 2.05) is 0 Å². The van der Waals surface area contributed by atoms with Crippen molar-refractivity contribution < 1.29 is 8.85 Å². The number of hydrogen-bond donors (Lipinski definition) is 0. The summed E-state index contributed by atoms with van der Waals surface area (Å²) in [6.07, 6.45) is 4.62. The normalized spacial score (nSPS) is 17.5. The van der Waals surface area contributed by atoms with Crippen molar-refractivity contribution in [2.24, 2.45) is 0 Å². The third-order valence-electron chi connectivity index (χ3n) is 3.41. The molecule has 1 heterocycles. The van der Waals surface area contributed by atoms with Crippen LogP contribution in [0.2, 0.25) is 6.04 Å². The van der Waals surface area contributed by atoms with Crippen LogP contribution in [-0.4, -0.2) is 25.4 Å². The maximum Gasteiger partial charge on any atom is 0.346 e. The van der Waals surface area contributed by atoms with Gasteiger partial charge in [0.25, 0.3) is 0 Å². The third kappa shape index (κ3) is 3.81. The number of allylic oxidation sites excluding steroid dienone is 2. The lowest BCUT2D eigenvalue weighted by Gasteiger charge is -2.23. The first kappa shape index (κ1) is 14.6. The Morgan fingerprint density at radius 1 is 1.42 bits per heavy atom. The first-order valence-electron chi connectivity index (χ1n) is 6.86. The van der Waals surface area contributed by atoms with E-state index in [-0.39, 0.29) is 0 Å². The summed E-state index contributed by atoms with van der Waals surface area (Å²) in [7, 11) is -0.396. The van der Waals surface area contributed by atoms with Gasteiger partial charge < -0.3 is 8.85 Å². The smallest absolute Gasteiger partial charge is 0.346 e. The van der Waals surface area contributed by atoms with Gasteiger partial charge in [-0.1, -0.05) is 24.6 Å². The van der Waals surface area contributed by atoms with Gasteiger partial charge in [-0.3, -0.25) is 0 Å². The molecular weight excluding hydrogens is 268 g/mol. The molecule has 1 aromatic rings. The molecule has 1 fully saturated rings. The van der Waals surface area contributed by atoms with Gasteiger partial charge in [-0.25, -0.2) is 0 Å². The molecule has 0 aromatic heterocycles. The van der Waals surface area contributed by atoms with E-state index in [4.69, 9.17) is 8.85 Å². The summed E-state index contributed by atoms with van der Waals surface area (Å²) in [5.74, 6) is 1.02. The minimum absolute atomic E-state index is 0.417. The monoisotopic (exact) mass is 289 g/mol. The van der Waals surface area contributed by atoms with Crippen molar-refractivity contribution in [3.8, 4) is 5.75 Å². The number of rotatable bonds is 4. The Balaban J connectivity index is 2.12. The van der Waals surface area contributed by atoms with E-state index in [1.165, 1.54) is 34.8 Å². The largest absolute Gasteiger partial charge is 0.536 e. The average molecular weight is 290 g/mol. The van der Waals surface area contributed by atoms with Gasteiger partial charge in [-0.05, 0) is 55.2 Å². The predicted molar refractivity (Wildman–Crippen MR) is 82.4 cm³/mol. The molecule has 1 aromatic carbocycles. The summed E-state index contributed by atoms with van der Waals surface area (Å²) in [6, 6.07) is 7.61. The minimum Gasteiger partial charge on any atom is -0.536 e. The van der Waals surface area contributed by atoms with Crippen LogP contribution < -0.4 is 9.61 Å². The molecule has 0 saturated carbocycles. The van der Waals surface area contributed by atoms with Crippen LogP contribution in [0.15, 0.2) is 29.5 Å². The lowest BCUT2D eigenvalue weighted by Crippen LogP contribution is -2.38. The molecule has 1 saturated heterocycles. The van der Waals surface area contributed by atoms with E-state index < -0.39 is 9.04 Å². The van der Waals surface area contributed by atoms with Crippen LogP contribution in [-0.2, 0) is 4.43 Å². The highest BCUT2D eigenvalue weighted by atomic mass is 28.3. The number of benzene rings is 1. The van der Waals surface area contributed by atoms with Crippen molar-refractivity contribution in [1.82, 2.24) is 0 Å². The molecule has 0 unspecified atom stereocenters. The second-order valence-corrected chi connectivity index (χ2v) is 8.20. The maximum absolute atomic E-state index is 5.98. The first-order chi connectivity index (χ1) is 9.22. The summed E-state index contributed by atoms with van der Waals surface area (Å²) in [4.78, 5) is 0. The van der Waals surface area contributed by atoms with Gasteiger partial charge in [-0.2, -0.15) is 0 Å². The molecule has 0 amide bonds. The van der Waals surface area contributed by atoms with Gasteiger partial charge >= 0.3 is 9.76 Å². The molecule has 0 aliphatic carbocycles. The molecular formula is C15H21O2Si2. The lowest BCUT2D eigenvalue weighted by atomic mass is 10.2. The Bertz CT molecular complexity index is 451. The van der Waals surface area contributed by atoms with E-state index in [9.17, 15) is 0 Å². The summed E-state index contributed by atoms with van der Waals surface area (Å²) in [5.41, 5.74) is 1.27. The summed E-state index contributed by atoms with van der Waals surface area (Å²) < 4.78 is 11.9. The van der Waals surface area contributed by atoms with Gasteiger partial charge in [0, 0.05) is 6.61 Å². The average Bonchev–Trinajstić information content (AvgIpc) is 2.46. The van der Waals surface area contributed by atoms with Crippen molar-refractivity contribution in [2.75, 3.05) is 6.61 Å². The fourth-order valence-corrected chi connectivity index (χ4v) is 5.05. The fraction of sp³-hybridized carbons (Fsp3) is 0.467. The summed E-state index contributed by atoms with van der Waals surface area (Å²) >= 11 is 0. The van der Waals surface area contributed by atoms with Crippen molar-refractivity contribution in [3.05, 3.63) is 35.0 Å². The zero-order chi connectivity index (χ0) is 13.7. The molecule has 0 atom stereocenters. The van der Waals surface area contributed by atoms with Crippen LogP contribution in [0.3, 0.4) is 0 Å². The van der Waals surface area contributed by atoms with Gasteiger partial charge in [0.15, 0.2) is 0 Å². The highest BCUT2D eigenvalue weighted by Gasteiger charge is 2.22. The molecule has 0 bridgehead atoms. The Hall–Kier alpha value is -0.846. The van der Waals surface area contributed by atoms with E-state index in [1.54, 1.807) is 0 Å². The molecule has 2 rings (SSSR count). The van der Waals surface area contributed by atoms with Crippen LogP contribution in [0.5, 0.6) is 5.75 Å². The maximum atomic E-state index is 5.98. The summed E-state index contributed by atoms with van der Waals surface area (Å²) in [5, 5.41) is 2.68. The topological polar surface area (TPSA) is 18.5 Å². The fourth-order valence-electron chi connectivity index (χ4n) is 2.09. The van der Waals surface area contributed by atoms with Gasteiger partial charge in [0.05, 0.1) is 0 Å². The van der Waals surface area contributed by atoms with Crippen molar-refractivity contribution in [3.63, 3.8) is 0 Å². The SMILES string of the molecule is CC=C(C)[Si]Oc1cccc([Si]2CCCCO2)c1C. The summed E-state index contributed by atoms with van der Waals surface area (Å²) in [6.45, 7) is 7.25. The predicted octanol–water partition coefficient (Wildman–Crippen LogP) is 2.93. The van der Waals surface area contributed by atoms with Crippen LogP contribution in [0, 0.1) is 6.92 Å².